The van der Waals surface area contributed by atoms with Crippen LogP contribution in [0.4, 0.5) is 4.79 Å². The molecule has 0 aliphatic carbocycles. The summed E-state index contributed by atoms with van der Waals surface area (Å²) in [4.78, 5) is 28.9. The lowest BCUT2D eigenvalue weighted by atomic mass is 10.0. The summed E-state index contributed by atoms with van der Waals surface area (Å²) in [5.74, 6) is -0.247. The van der Waals surface area contributed by atoms with Crippen LogP contribution in [0.2, 0.25) is 0 Å². The molecule has 2 heterocycles. The molecule has 0 spiro atoms. The highest BCUT2D eigenvalue weighted by molar-refractivity contribution is 6.06. The van der Waals surface area contributed by atoms with E-state index in [1.165, 1.54) is 0 Å². The molecule has 90 valence electrons. The molecule has 1 aromatic rings. The molecular formula is C12H15N3O2. The number of amides is 3. The zero-order valence-corrected chi connectivity index (χ0v) is 9.93. The van der Waals surface area contributed by atoms with E-state index in [-0.39, 0.29) is 11.9 Å². The molecule has 1 fully saturated rings. The molecule has 5 heteroatoms. The van der Waals surface area contributed by atoms with Crippen molar-refractivity contribution in [1.29, 1.82) is 0 Å². The summed E-state index contributed by atoms with van der Waals surface area (Å²) < 4.78 is 0. The average molecular weight is 233 g/mol. The Bertz CT molecular complexity index is 442. The first-order chi connectivity index (χ1) is 8.01. The molecule has 0 atom stereocenters. The van der Waals surface area contributed by atoms with Gasteiger partial charge in [-0.15, -0.1) is 0 Å². The van der Waals surface area contributed by atoms with E-state index in [4.69, 9.17) is 0 Å². The van der Waals surface area contributed by atoms with Gasteiger partial charge in [0.15, 0.2) is 0 Å². The number of nitrogens with one attached hydrogen (secondary N) is 1. The summed E-state index contributed by atoms with van der Waals surface area (Å²) in [5.41, 5.74) is 0.140. The van der Waals surface area contributed by atoms with Crippen LogP contribution in [0.3, 0.4) is 0 Å². The fraction of sp³-hybridized carbons (Fsp3) is 0.417. The third kappa shape index (κ3) is 2.13. The highest BCUT2D eigenvalue weighted by atomic mass is 16.2. The number of urea groups is 1. The van der Waals surface area contributed by atoms with E-state index >= 15 is 0 Å². The maximum Gasteiger partial charge on any atom is 0.325 e. The lowest BCUT2D eigenvalue weighted by molar-refractivity contribution is -0.125. The number of rotatable bonds is 3. The predicted molar refractivity (Wildman–Crippen MR) is 62.3 cm³/mol. The zero-order chi connectivity index (χ0) is 12.5. The lowest BCUT2D eigenvalue weighted by Gasteiger charge is -2.27. The first-order valence-corrected chi connectivity index (χ1v) is 5.55. The first-order valence-electron chi connectivity index (χ1n) is 5.55. The van der Waals surface area contributed by atoms with E-state index in [0.717, 1.165) is 5.69 Å². The molecule has 0 saturated carbocycles. The van der Waals surface area contributed by atoms with Crippen LogP contribution in [0, 0.1) is 0 Å². The second kappa shape index (κ2) is 4.16. The second-order valence-electron chi connectivity index (χ2n) is 4.54. The van der Waals surface area contributed by atoms with E-state index in [9.17, 15) is 9.59 Å². The second-order valence-corrected chi connectivity index (χ2v) is 4.54. The summed E-state index contributed by atoms with van der Waals surface area (Å²) in [6.07, 6.45) is 2.36. The number of carbonyl (C=O) groups is 2. The van der Waals surface area contributed by atoms with E-state index in [2.05, 4.69) is 10.3 Å². The molecule has 17 heavy (non-hydrogen) atoms. The van der Waals surface area contributed by atoms with Crippen LogP contribution in [-0.2, 0) is 11.2 Å². The molecule has 5 nitrogen and oxygen atoms in total. The van der Waals surface area contributed by atoms with Crippen LogP contribution in [-0.4, -0.2) is 33.9 Å². The third-order valence-corrected chi connectivity index (χ3v) is 3.01. The van der Waals surface area contributed by atoms with E-state index in [1.54, 1.807) is 24.9 Å². The molecular weight excluding hydrogens is 218 g/mol. The van der Waals surface area contributed by atoms with Crippen molar-refractivity contribution in [1.82, 2.24) is 15.2 Å². The minimum Gasteiger partial charge on any atom is -0.310 e. The largest absolute Gasteiger partial charge is 0.325 e. The van der Waals surface area contributed by atoms with Crippen molar-refractivity contribution >= 4 is 11.9 Å². The Balaban J connectivity index is 2.04. The summed E-state index contributed by atoms with van der Waals surface area (Å²) >= 11 is 0. The van der Waals surface area contributed by atoms with Crippen LogP contribution in [0.15, 0.2) is 24.4 Å². The Labute approximate surface area is 99.8 Å². The number of hydrogen-bond donors (Lipinski definition) is 1. The summed E-state index contributed by atoms with van der Waals surface area (Å²) in [5, 5.41) is 2.32. The molecule has 0 aromatic carbocycles. The molecule has 1 aliphatic heterocycles. The highest BCUT2D eigenvalue weighted by Crippen LogP contribution is 2.20. The smallest absolute Gasteiger partial charge is 0.310 e. The van der Waals surface area contributed by atoms with E-state index in [1.807, 2.05) is 18.2 Å². The molecule has 1 aromatic heterocycles. The average Bonchev–Trinajstić information content (AvgIpc) is 2.48. The topological polar surface area (TPSA) is 62.3 Å². The maximum absolute atomic E-state index is 11.6. The monoisotopic (exact) mass is 233 g/mol. The van der Waals surface area contributed by atoms with Gasteiger partial charge in [0, 0.05) is 24.9 Å². The van der Waals surface area contributed by atoms with Crippen LogP contribution in [0.25, 0.3) is 0 Å². The predicted octanol–water partition coefficient (Wildman–Crippen LogP) is 0.954. The van der Waals surface area contributed by atoms with Crippen molar-refractivity contribution in [2.45, 2.75) is 25.8 Å². The molecule has 0 bridgehead atoms. The Morgan fingerprint density at radius 1 is 1.35 bits per heavy atom. The Morgan fingerprint density at radius 2 is 2.12 bits per heavy atom. The van der Waals surface area contributed by atoms with E-state index in [0.29, 0.717) is 13.0 Å². The molecule has 2 rings (SSSR count). The van der Waals surface area contributed by atoms with Crippen molar-refractivity contribution in [3.8, 4) is 0 Å². The van der Waals surface area contributed by atoms with Crippen molar-refractivity contribution in [3.05, 3.63) is 30.1 Å². The van der Waals surface area contributed by atoms with Gasteiger partial charge in [0.2, 0.25) is 0 Å². The standard InChI is InChI=1S/C12H15N3O2/c1-12(2)10(16)14-11(17)15(12)8-6-9-5-3-4-7-13-9/h3-5,7H,6,8H2,1-2H3,(H,14,16,17). The molecule has 0 radical (unpaired) electrons. The number of pyridine rings is 1. The van der Waals surface area contributed by atoms with Gasteiger partial charge in [0.05, 0.1) is 0 Å². The summed E-state index contributed by atoms with van der Waals surface area (Å²) in [6, 6.07) is 5.33. The Hall–Kier alpha value is -1.91. The molecule has 0 unspecified atom stereocenters. The van der Waals surface area contributed by atoms with Gasteiger partial charge in [-0.2, -0.15) is 0 Å². The van der Waals surface area contributed by atoms with Crippen LogP contribution >= 0.6 is 0 Å². The summed E-state index contributed by atoms with van der Waals surface area (Å²) in [7, 11) is 0. The van der Waals surface area contributed by atoms with Gasteiger partial charge in [-0.05, 0) is 26.0 Å². The van der Waals surface area contributed by atoms with Crippen LogP contribution in [0.1, 0.15) is 19.5 Å². The first kappa shape index (κ1) is 11.6. The Kier molecular flexibility index (Phi) is 2.83. The number of aromatic nitrogens is 1. The number of imide groups is 1. The van der Waals surface area contributed by atoms with Crippen molar-refractivity contribution < 1.29 is 9.59 Å². The van der Waals surface area contributed by atoms with Gasteiger partial charge in [-0.1, -0.05) is 6.07 Å². The highest BCUT2D eigenvalue weighted by Gasteiger charge is 2.44. The lowest BCUT2D eigenvalue weighted by Crippen LogP contribution is -2.45. The summed E-state index contributed by atoms with van der Waals surface area (Å²) in [6.45, 7) is 3.97. The SMILES string of the molecule is CC1(C)C(=O)NC(=O)N1CCc1ccccn1. The van der Waals surface area contributed by atoms with Crippen LogP contribution < -0.4 is 5.32 Å². The van der Waals surface area contributed by atoms with Crippen molar-refractivity contribution in [3.63, 3.8) is 0 Å². The molecule has 1 aliphatic rings. The zero-order valence-electron chi connectivity index (χ0n) is 9.93. The van der Waals surface area contributed by atoms with Gasteiger partial charge in [-0.25, -0.2) is 4.79 Å². The number of carbonyl (C=O) groups excluding carboxylic acids is 2. The third-order valence-electron chi connectivity index (χ3n) is 3.01. The molecule has 1 N–H and O–H groups in total. The van der Waals surface area contributed by atoms with Gasteiger partial charge in [0.25, 0.3) is 5.91 Å². The van der Waals surface area contributed by atoms with Gasteiger partial charge >= 0.3 is 6.03 Å². The fourth-order valence-electron chi connectivity index (χ4n) is 1.85. The normalized spacial score (nSPS) is 18.4. The minimum absolute atomic E-state index is 0.247. The number of nitrogens with zero attached hydrogens (tertiary/aromatic N) is 2. The molecule has 3 amide bonds. The Morgan fingerprint density at radius 3 is 2.65 bits per heavy atom. The van der Waals surface area contributed by atoms with Gasteiger partial charge in [0.1, 0.15) is 5.54 Å². The van der Waals surface area contributed by atoms with Crippen molar-refractivity contribution in [2.24, 2.45) is 0 Å². The van der Waals surface area contributed by atoms with Crippen LogP contribution in [0.5, 0.6) is 0 Å². The number of hydrogen-bond acceptors (Lipinski definition) is 3. The van der Waals surface area contributed by atoms with Crippen molar-refractivity contribution in [2.75, 3.05) is 6.54 Å². The van der Waals surface area contributed by atoms with E-state index < -0.39 is 5.54 Å². The van der Waals surface area contributed by atoms with Gasteiger partial charge in [-0.3, -0.25) is 15.1 Å². The quantitative estimate of drug-likeness (QED) is 0.791. The maximum atomic E-state index is 11.6. The fourth-order valence-corrected chi connectivity index (χ4v) is 1.85. The minimum atomic E-state index is -0.772. The molecule has 1 saturated heterocycles. The van der Waals surface area contributed by atoms with Gasteiger partial charge < -0.3 is 4.90 Å².